The Morgan fingerprint density at radius 1 is 1.00 bits per heavy atom. The van der Waals surface area contributed by atoms with Crippen molar-refractivity contribution >= 4 is 41.6 Å². The van der Waals surface area contributed by atoms with Crippen molar-refractivity contribution in [3.05, 3.63) is 67.0 Å². The molecular weight excluding hydrogens is 542 g/mol. The number of nitrogens with two attached hydrogens (primary N) is 1. The third-order valence-corrected chi connectivity index (χ3v) is 14.2. The summed E-state index contributed by atoms with van der Waals surface area (Å²) in [5, 5.41) is 4.48. The second-order valence-corrected chi connectivity index (χ2v) is 17.5. The molecular formula is C32H44N7O2Si+. The Balaban J connectivity index is 1.23. The van der Waals surface area contributed by atoms with Crippen LogP contribution in [0.1, 0.15) is 40.0 Å². The fourth-order valence-electron chi connectivity index (χ4n) is 7.00. The van der Waals surface area contributed by atoms with E-state index in [1.807, 2.05) is 18.4 Å². The van der Waals surface area contributed by atoms with Gasteiger partial charge in [0.1, 0.15) is 0 Å². The molecule has 2 fully saturated rings. The van der Waals surface area contributed by atoms with Crippen molar-refractivity contribution in [3.63, 3.8) is 0 Å². The van der Waals surface area contributed by atoms with Gasteiger partial charge in [-0.25, -0.2) is 4.98 Å². The highest BCUT2D eigenvalue weighted by molar-refractivity contribution is 6.99. The Morgan fingerprint density at radius 2 is 1.62 bits per heavy atom. The average molecular weight is 587 g/mol. The van der Waals surface area contributed by atoms with Gasteiger partial charge < -0.3 is 14.7 Å². The van der Waals surface area contributed by atoms with Crippen molar-refractivity contribution in [1.82, 2.24) is 29.1 Å². The second-order valence-electron chi connectivity index (χ2n) is 13.2. The van der Waals surface area contributed by atoms with E-state index in [1.54, 1.807) is 0 Å². The molecule has 2 aliphatic rings. The zero-order valence-electron chi connectivity index (χ0n) is 25.5. The quantitative estimate of drug-likeness (QED) is 0.249. The lowest BCUT2D eigenvalue weighted by molar-refractivity contribution is -0.150. The molecule has 0 aliphatic carbocycles. The minimum atomic E-state index is -2.63. The van der Waals surface area contributed by atoms with E-state index >= 15 is 0 Å². The molecule has 0 bridgehead atoms. The number of quaternary nitrogens is 1. The molecule has 4 aromatic rings. The predicted molar refractivity (Wildman–Crippen MR) is 171 cm³/mol. The summed E-state index contributed by atoms with van der Waals surface area (Å²) >= 11 is 0. The lowest BCUT2D eigenvalue weighted by Gasteiger charge is -2.43. The van der Waals surface area contributed by atoms with Gasteiger partial charge in [0.15, 0.2) is 11.2 Å². The van der Waals surface area contributed by atoms with E-state index in [-0.39, 0.29) is 17.2 Å². The zero-order chi connectivity index (χ0) is 29.5. The van der Waals surface area contributed by atoms with E-state index in [9.17, 15) is 0 Å². The smallest absolute Gasteiger partial charge is 0.261 e. The van der Waals surface area contributed by atoms with Crippen molar-refractivity contribution in [2.45, 2.75) is 63.8 Å². The number of aromatic nitrogens is 4. The van der Waals surface area contributed by atoms with Crippen LogP contribution in [0.2, 0.25) is 5.04 Å². The molecule has 0 spiro atoms. The maximum atomic E-state index is 7.23. The summed E-state index contributed by atoms with van der Waals surface area (Å²) in [6.45, 7) is 10.2. The Kier molecular flexibility index (Phi) is 7.69. The van der Waals surface area contributed by atoms with E-state index < -0.39 is 8.32 Å². The van der Waals surface area contributed by atoms with Crippen molar-refractivity contribution in [2.24, 2.45) is 0 Å². The topological polar surface area (TPSA) is 91.3 Å². The van der Waals surface area contributed by atoms with Gasteiger partial charge in [-0.05, 0) is 21.8 Å². The number of fused-ring (bicyclic) bond motifs is 1. The van der Waals surface area contributed by atoms with E-state index in [1.165, 1.54) is 23.2 Å². The fourth-order valence-corrected chi connectivity index (χ4v) is 11.6. The molecule has 0 saturated carbocycles. The minimum absolute atomic E-state index is 0.0312. The van der Waals surface area contributed by atoms with Crippen LogP contribution in [0.5, 0.6) is 0 Å². The standard InChI is InChI=1S/C32H44N7O2Si/c1-32(2,3)42(26-14-8-6-9-15-26,27-16-10-7-11-17-27)40-22-24-20-25(41-37(24)4)21-38-23-34-28-29(38)35-31(33)36-30(28)39(5)18-12-13-19-39/h6-11,14-17,23-25H,12-13,18-22H2,1-5H3,(H2,33,35,36)/q+1. The number of hydroxylamine groups is 2. The number of nitrogen functional groups attached to an aromatic ring is 1. The molecule has 2 aromatic carbocycles. The Hall–Kier alpha value is -3.15. The molecule has 222 valence electrons. The summed E-state index contributed by atoms with van der Waals surface area (Å²) in [6, 6.07) is 21.7. The summed E-state index contributed by atoms with van der Waals surface area (Å²) in [7, 11) is 1.61. The molecule has 2 N–H and O–H groups in total. The Morgan fingerprint density at radius 3 is 2.21 bits per heavy atom. The van der Waals surface area contributed by atoms with Crippen molar-refractivity contribution < 1.29 is 9.26 Å². The maximum absolute atomic E-state index is 7.23. The normalized spacial score (nSPS) is 21.4. The van der Waals surface area contributed by atoms with Gasteiger partial charge in [0, 0.05) is 19.9 Å². The van der Waals surface area contributed by atoms with Crippen molar-refractivity contribution in [3.8, 4) is 0 Å². The number of likely N-dealkylation sites (N-methyl/N-ethyl adjacent to an activating group) is 1. The molecule has 42 heavy (non-hydrogen) atoms. The van der Waals surface area contributed by atoms with Gasteiger partial charge in [-0.2, -0.15) is 15.0 Å². The summed E-state index contributed by atoms with van der Waals surface area (Å²) in [4.78, 5) is 20.4. The van der Waals surface area contributed by atoms with Crippen LogP contribution in [0.25, 0.3) is 11.2 Å². The van der Waals surface area contributed by atoms with Gasteiger partial charge in [0.05, 0.1) is 51.8 Å². The van der Waals surface area contributed by atoms with Crippen LogP contribution in [0.4, 0.5) is 11.8 Å². The summed E-state index contributed by atoms with van der Waals surface area (Å²) < 4.78 is 10.1. The van der Waals surface area contributed by atoms with Crippen LogP contribution in [0.3, 0.4) is 0 Å². The molecule has 2 aliphatic heterocycles. The van der Waals surface area contributed by atoms with Crippen LogP contribution in [0.15, 0.2) is 67.0 Å². The molecule has 2 atom stereocenters. The van der Waals surface area contributed by atoms with Gasteiger partial charge >= 0.3 is 0 Å². The molecule has 2 aromatic heterocycles. The molecule has 10 heteroatoms. The molecule has 0 radical (unpaired) electrons. The van der Waals surface area contributed by atoms with Gasteiger partial charge in [0.2, 0.25) is 5.95 Å². The molecule has 2 saturated heterocycles. The first-order chi connectivity index (χ1) is 20.1. The Labute approximate surface area is 250 Å². The average Bonchev–Trinajstić information content (AvgIpc) is 3.68. The van der Waals surface area contributed by atoms with Crippen LogP contribution in [0, 0.1) is 0 Å². The number of hydrogen-bond donors (Lipinski definition) is 1. The third-order valence-electron chi connectivity index (χ3n) is 9.20. The van der Waals surface area contributed by atoms with Gasteiger partial charge in [-0.3, -0.25) is 9.32 Å². The summed E-state index contributed by atoms with van der Waals surface area (Å²) in [6.07, 6.45) is 5.04. The van der Waals surface area contributed by atoms with Gasteiger partial charge in [-0.15, -0.1) is 0 Å². The van der Waals surface area contributed by atoms with Crippen LogP contribution in [-0.4, -0.2) is 78.8 Å². The van der Waals surface area contributed by atoms with Gasteiger partial charge in [-0.1, -0.05) is 81.4 Å². The SMILES string of the molecule is CN1OC(Cn2cnc3c([N+]4(C)CCCC4)nc(N)nc32)CC1CO[Si](c1ccccc1)(c1ccccc1)C(C)(C)C. The first kappa shape index (κ1) is 28.9. The number of imidazole rings is 1. The highest BCUT2D eigenvalue weighted by Crippen LogP contribution is 2.38. The molecule has 4 heterocycles. The highest BCUT2D eigenvalue weighted by Gasteiger charge is 2.51. The van der Waals surface area contributed by atoms with Crippen LogP contribution in [-0.2, 0) is 15.8 Å². The zero-order valence-corrected chi connectivity index (χ0v) is 26.5. The predicted octanol–water partition coefficient (Wildman–Crippen LogP) is 3.72. The number of benzene rings is 2. The van der Waals surface area contributed by atoms with Crippen molar-refractivity contribution in [1.29, 1.82) is 0 Å². The van der Waals surface area contributed by atoms with Crippen molar-refractivity contribution in [2.75, 3.05) is 39.5 Å². The number of hydrogen-bond acceptors (Lipinski definition) is 7. The summed E-state index contributed by atoms with van der Waals surface area (Å²) in [5.41, 5.74) is 7.84. The number of nitrogens with zero attached hydrogens (tertiary/aromatic N) is 6. The van der Waals surface area contributed by atoms with E-state index in [0.717, 1.165) is 41.0 Å². The summed E-state index contributed by atoms with van der Waals surface area (Å²) in [5.74, 6) is 1.22. The number of likely N-dealkylation sites (tertiary alicyclic amines) is 1. The number of anilines is 1. The molecule has 2 unspecified atom stereocenters. The lowest BCUT2D eigenvalue weighted by Crippen LogP contribution is -2.67. The highest BCUT2D eigenvalue weighted by atomic mass is 28.4. The van der Waals surface area contributed by atoms with Gasteiger partial charge in [0.25, 0.3) is 14.1 Å². The van der Waals surface area contributed by atoms with E-state index in [4.69, 9.17) is 20.0 Å². The lowest BCUT2D eigenvalue weighted by atomic mass is 10.1. The Bertz CT molecular complexity index is 1480. The third kappa shape index (κ3) is 5.15. The first-order valence-corrected chi connectivity index (χ1v) is 17.0. The van der Waals surface area contributed by atoms with E-state index in [0.29, 0.717) is 19.1 Å². The monoisotopic (exact) mass is 586 g/mol. The first-order valence-electron chi connectivity index (χ1n) is 15.1. The second kappa shape index (κ2) is 11.2. The largest absolute Gasteiger partial charge is 0.406 e. The minimum Gasteiger partial charge on any atom is -0.406 e. The van der Waals surface area contributed by atoms with Crippen LogP contribution >= 0.6 is 0 Å². The fraction of sp³-hybridized carbons (Fsp3) is 0.469. The van der Waals surface area contributed by atoms with Crippen LogP contribution < -0.4 is 20.6 Å². The number of rotatable bonds is 8. The van der Waals surface area contributed by atoms with E-state index in [2.05, 4.69) is 103 Å². The molecule has 9 nitrogen and oxygen atoms in total. The molecule has 6 rings (SSSR count). The maximum Gasteiger partial charge on any atom is 0.261 e. The molecule has 0 amide bonds.